The number of anilines is 1. The number of sulfonamides is 1. The molecule has 0 radical (unpaired) electrons. The summed E-state index contributed by atoms with van der Waals surface area (Å²) in [6, 6.07) is 15.2. The minimum Gasteiger partial charge on any atom is -0.352 e. The second-order valence-electron chi connectivity index (χ2n) is 8.00. The fraction of sp³-hybridized carbons (Fsp3) is 0.364. The predicted octanol–water partition coefficient (Wildman–Crippen LogP) is 4.09. The second kappa shape index (κ2) is 8.35. The molecule has 0 atom stereocenters. The third kappa shape index (κ3) is 4.82. The van der Waals surface area contributed by atoms with Gasteiger partial charge in [-0.2, -0.15) is 0 Å². The number of carbonyl (C=O) groups is 1. The highest BCUT2D eigenvalue weighted by molar-refractivity contribution is 7.92. The first-order valence-electron chi connectivity index (χ1n) is 10.0. The molecule has 1 aliphatic carbocycles. The Balaban J connectivity index is 1.47. The highest BCUT2D eigenvalue weighted by atomic mass is 32.2. The molecule has 1 fully saturated rings. The minimum absolute atomic E-state index is 0.0562. The summed E-state index contributed by atoms with van der Waals surface area (Å²) in [7, 11) is -3.34. The normalized spacial score (nSPS) is 15.9. The van der Waals surface area contributed by atoms with Gasteiger partial charge in [0.25, 0.3) is 0 Å². The van der Waals surface area contributed by atoms with E-state index in [0.717, 1.165) is 52.7 Å². The maximum Gasteiger partial charge on any atom is 0.229 e. The number of amides is 1. The summed E-state index contributed by atoms with van der Waals surface area (Å²) >= 11 is 1.67. The molecule has 0 spiro atoms. The van der Waals surface area contributed by atoms with Crippen LogP contribution in [-0.2, 0) is 27.8 Å². The van der Waals surface area contributed by atoms with Gasteiger partial charge in [0, 0.05) is 18.7 Å². The number of rotatable bonds is 7. The van der Waals surface area contributed by atoms with Crippen molar-refractivity contribution in [1.29, 1.82) is 0 Å². The molecule has 0 saturated heterocycles. The predicted molar refractivity (Wildman–Crippen MR) is 121 cm³/mol. The van der Waals surface area contributed by atoms with Crippen molar-refractivity contribution in [2.75, 3.05) is 11.0 Å². The standard InChI is InChI=1S/C22H25N3O3S2/c1-30(27,28)25-17-8-6-7-16(13-17)15-23-21(26)22(11-4-5-12-22)14-20-24-18-9-2-3-10-19(18)29-20/h2-3,6-10,13,25H,4-5,11-12,14-15H2,1H3,(H,23,26). The quantitative estimate of drug-likeness (QED) is 0.576. The molecule has 30 heavy (non-hydrogen) atoms. The van der Waals surface area contributed by atoms with Crippen molar-refractivity contribution in [3.63, 3.8) is 0 Å². The molecule has 0 unspecified atom stereocenters. The Morgan fingerprint density at radius 1 is 1.13 bits per heavy atom. The summed E-state index contributed by atoms with van der Waals surface area (Å²) in [5.74, 6) is 0.0562. The summed E-state index contributed by atoms with van der Waals surface area (Å²) in [6.45, 7) is 0.361. The van der Waals surface area contributed by atoms with E-state index in [1.165, 1.54) is 0 Å². The van der Waals surface area contributed by atoms with Crippen LogP contribution in [0.5, 0.6) is 0 Å². The lowest BCUT2D eigenvalue weighted by Gasteiger charge is -2.27. The maximum absolute atomic E-state index is 13.2. The fourth-order valence-corrected chi connectivity index (χ4v) is 5.82. The van der Waals surface area contributed by atoms with Crippen LogP contribution in [0.2, 0.25) is 0 Å². The maximum atomic E-state index is 13.2. The first kappa shape index (κ1) is 20.8. The lowest BCUT2D eigenvalue weighted by molar-refractivity contribution is -0.131. The van der Waals surface area contributed by atoms with E-state index < -0.39 is 15.4 Å². The molecule has 1 amide bonds. The Morgan fingerprint density at radius 3 is 2.63 bits per heavy atom. The van der Waals surface area contributed by atoms with Gasteiger partial charge in [-0.1, -0.05) is 37.1 Å². The van der Waals surface area contributed by atoms with Gasteiger partial charge in [0.05, 0.1) is 26.9 Å². The first-order valence-corrected chi connectivity index (χ1v) is 12.7. The first-order chi connectivity index (χ1) is 14.3. The number of nitrogens with one attached hydrogen (secondary N) is 2. The summed E-state index contributed by atoms with van der Waals surface area (Å²) in [5.41, 5.74) is 1.91. The van der Waals surface area contributed by atoms with E-state index in [4.69, 9.17) is 4.98 Å². The number of hydrogen-bond donors (Lipinski definition) is 2. The molecule has 3 aromatic rings. The van der Waals surface area contributed by atoms with Crippen LogP contribution in [-0.4, -0.2) is 25.6 Å². The topological polar surface area (TPSA) is 88.2 Å². The number of carbonyl (C=O) groups excluding carboxylic acids is 1. The largest absolute Gasteiger partial charge is 0.352 e. The zero-order valence-corrected chi connectivity index (χ0v) is 18.5. The van der Waals surface area contributed by atoms with E-state index in [0.29, 0.717) is 18.7 Å². The van der Waals surface area contributed by atoms with Crippen LogP contribution in [0.4, 0.5) is 5.69 Å². The van der Waals surface area contributed by atoms with Crippen LogP contribution >= 0.6 is 11.3 Å². The van der Waals surface area contributed by atoms with Gasteiger partial charge in [0.2, 0.25) is 15.9 Å². The number of thiazole rings is 1. The summed E-state index contributed by atoms with van der Waals surface area (Å²) in [4.78, 5) is 18.0. The Kier molecular flexibility index (Phi) is 5.79. The molecule has 1 heterocycles. The van der Waals surface area contributed by atoms with E-state index in [2.05, 4.69) is 16.1 Å². The summed E-state index contributed by atoms with van der Waals surface area (Å²) in [5, 5.41) is 4.09. The minimum atomic E-state index is -3.34. The molecule has 1 aromatic heterocycles. The van der Waals surface area contributed by atoms with E-state index >= 15 is 0 Å². The van der Waals surface area contributed by atoms with Crippen molar-refractivity contribution in [3.05, 3.63) is 59.1 Å². The van der Waals surface area contributed by atoms with Crippen LogP contribution in [0.25, 0.3) is 10.2 Å². The molecule has 8 heteroatoms. The van der Waals surface area contributed by atoms with Gasteiger partial charge in [-0.3, -0.25) is 9.52 Å². The molecule has 2 N–H and O–H groups in total. The number of fused-ring (bicyclic) bond motifs is 1. The number of aromatic nitrogens is 1. The molecular weight excluding hydrogens is 418 g/mol. The average Bonchev–Trinajstić information content (AvgIpc) is 3.32. The van der Waals surface area contributed by atoms with Gasteiger partial charge in [-0.05, 0) is 42.7 Å². The van der Waals surface area contributed by atoms with E-state index in [1.807, 2.05) is 24.3 Å². The molecule has 4 rings (SSSR count). The van der Waals surface area contributed by atoms with Crippen LogP contribution in [0.1, 0.15) is 36.3 Å². The smallest absolute Gasteiger partial charge is 0.229 e. The average molecular weight is 444 g/mol. The molecule has 1 saturated carbocycles. The highest BCUT2D eigenvalue weighted by Gasteiger charge is 2.41. The van der Waals surface area contributed by atoms with Gasteiger partial charge in [0.1, 0.15) is 0 Å². The third-order valence-corrected chi connectivity index (χ3v) is 7.20. The Bertz CT molecular complexity index is 1130. The van der Waals surface area contributed by atoms with Crippen molar-refractivity contribution in [1.82, 2.24) is 10.3 Å². The van der Waals surface area contributed by atoms with E-state index in [9.17, 15) is 13.2 Å². The lowest BCUT2D eigenvalue weighted by Crippen LogP contribution is -2.40. The Labute approximate surface area is 180 Å². The van der Waals surface area contributed by atoms with Crippen molar-refractivity contribution < 1.29 is 13.2 Å². The molecule has 0 bridgehead atoms. The zero-order chi connectivity index (χ0) is 21.2. The SMILES string of the molecule is CS(=O)(=O)Nc1cccc(CNC(=O)C2(Cc3nc4ccccc4s3)CCCC2)c1. The summed E-state index contributed by atoms with van der Waals surface area (Å²) < 4.78 is 26.5. The van der Waals surface area contributed by atoms with Gasteiger partial charge in [-0.25, -0.2) is 13.4 Å². The van der Waals surface area contributed by atoms with Gasteiger partial charge < -0.3 is 5.32 Å². The van der Waals surface area contributed by atoms with Crippen LogP contribution in [0.3, 0.4) is 0 Å². The second-order valence-corrected chi connectivity index (χ2v) is 10.9. The lowest BCUT2D eigenvalue weighted by atomic mass is 9.82. The van der Waals surface area contributed by atoms with Crippen LogP contribution < -0.4 is 10.0 Å². The van der Waals surface area contributed by atoms with Crippen molar-refractivity contribution in [3.8, 4) is 0 Å². The van der Waals surface area contributed by atoms with E-state index in [1.54, 1.807) is 29.5 Å². The molecule has 2 aromatic carbocycles. The van der Waals surface area contributed by atoms with Crippen molar-refractivity contribution in [2.24, 2.45) is 5.41 Å². The number of hydrogen-bond acceptors (Lipinski definition) is 5. The molecule has 1 aliphatic rings. The molecule has 6 nitrogen and oxygen atoms in total. The Hall–Kier alpha value is -2.45. The zero-order valence-electron chi connectivity index (χ0n) is 16.8. The fourth-order valence-electron chi connectivity index (χ4n) is 4.15. The van der Waals surface area contributed by atoms with E-state index in [-0.39, 0.29) is 5.91 Å². The number of para-hydroxylation sites is 1. The Morgan fingerprint density at radius 2 is 1.90 bits per heavy atom. The monoisotopic (exact) mass is 443 g/mol. The molecular formula is C22H25N3O3S2. The molecule has 158 valence electrons. The van der Waals surface area contributed by atoms with Gasteiger partial charge >= 0.3 is 0 Å². The van der Waals surface area contributed by atoms with Crippen molar-refractivity contribution >= 4 is 43.2 Å². The number of nitrogens with zero attached hydrogens (tertiary/aromatic N) is 1. The van der Waals surface area contributed by atoms with Gasteiger partial charge in [-0.15, -0.1) is 11.3 Å². The summed E-state index contributed by atoms with van der Waals surface area (Å²) in [6.07, 6.45) is 5.61. The highest BCUT2D eigenvalue weighted by Crippen LogP contribution is 2.42. The third-order valence-electron chi connectivity index (χ3n) is 5.55. The van der Waals surface area contributed by atoms with Crippen molar-refractivity contribution in [2.45, 2.75) is 38.6 Å². The van der Waals surface area contributed by atoms with Crippen LogP contribution in [0.15, 0.2) is 48.5 Å². The molecule has 0 aliphatic heterocycles. The van der Waals surface area contributed by atoms with Gasteiger partial charge in [0.15, 0.2) is 0 Å². The van der Waals surface area contributed by atoms with Crippen LogP contribution in [0, 0.1) is 5.41 Å². The number of benzene rings is 2.